The van der Waals surface area contributed by atoms with Gasteiger partial charge in [-0.1, -0.05) is 24.3 Å². The number of nitrogens with two attached hydrogens (primary N) is 1. The molecule has 1 heterocycles. The average Bonchev–Trinajstić information content (AvgIpc) is 2.57. The summed E-state index contributed by atoms with van der Waals surface area (Å²) >= 11 is 1.55. The number of rotatable bonds is 4. The highest BCUT2D eigenvalue weighted by atomic mass is 32.1. The van der Waals surface area contributed by atoms with E-state index in [0.717, 1.165) is 18.6 Å². The molecule has 1 aromatic heterocycles. The zero-order valence-corrected chi connectivity index (χ0v) is 10.5. The van der Waals surface area contributed by atoms with Crippen molar-refractivity contribution in [2.75, 3.05) is 19.3 Å². The molecule has 0 amide bonds. The maximum absolute atomic E-state index is 5.69. The Hall–Kier alpha value is -1.13. The van der Waals surface area contributed by atoms with Crippen LogP contribution in [0.3, 0.4) is 0 Å². The second kappa shape index (κ2) is 4.80. The predicted molar refractivity (Wildman–Crippen MR) is 70.7 cm³/mol. The van der Waals surface area contributed by atoms with Gasteiger partial charge in [-0.25, -0.2) is 4.98 Å². The van der Waals surface area contributed by atoms with Crippen LogP contribution in [-0.4, -0.2) is 23.5 Å². The van der Waals surface area contributed by atoms with Crippen LogP contribution < -0.4 is 5.73 Å². The van der Waals surface area contributed by atoms with Crippen LogP contribution >= 0.6 is 11.3 Å². The first-order valence-corrected chi connectivity index (χ1v) is 6.34. The van der Waals surface area contributed by atoms with Crippen LogP contribution in [-0.2, 0) is 6.54 Å². The van der Waals surface area contributed by atoms with Gasteiger partial charge in [0.1, 0.15) is 0 Å². The van der Waals surface area contributed by atoms with Crippen LogP contribution in [0.15, 0.2) is 18.2 Å². The van der Waals surface area contributed by atoms with Gasteiger partial charge in [0, 0.05) is 6.54 Å². The summed E-state index contributed by atoms with van der Waals surface area (Å²) in [6, 6.07) is 6.38. The highest BCUT2D eigenvalue weighted by Crippen LogP contribution is 2.24. The summed E-state index contributed by atoms with van der Waals surface area (Å²) in [5, 5.41) is 0.647. The summed E-state index contributed by atoms with van der Waals surface area (Å²) in [4.78, 5) is 6.58. The van der Waals surface area contributed by atoms with Gasteiger partial charge >= 0.3 is 0 Å². The summed E-state index contributed by atoms with van der Waals surface area (Å²) in [7, 11) is 2.15. The fourth-order valence-corrected chi connectivity index (χ4v) is 2.66. The molecular weight excluding hydrogens is 218 g/mol. The van der Waals surface area contributed by atoms with Gasteiger partial charge in [0.15, 0.2) is 5.13 Å². The Morgan fingerprint density at radius 3 is 3.00 bits per heavy atom. The molecule has 0 spiro atoms. The molecule has 0 aliphatic rings. The third-order valence-electron chi connectivity index (χ3n) is 2.53. The van der Waals surface area contributed by atoms with Gasteiger partial charge in [-0.2, -0.15) is 0 Å². The number of thiazole rings is 1. The van der Waals surface area contributed by atoms with Crippen molar-refractivity contribution in [1.82, 2.24) is 9.88 Å². The zero-order valence-electron chi connectivity index (χ0n) is 9.73. The number of hydrogen-bond acceptors (Lipinski definition) is 4. The van der Waals surface area contributed by atoms with Crippen molar-refractivity contribution in [1.29, 1.82) is 0 Å². The molecule has 0 unspecified atom stereocenters. The molecule has 0 atom stereocenters. The monoisotopic (exact) mass is 235 g/mol. The molecule has 1 aromatic carbocycles. The topological polar surface area (TPSA) is 42.2 Å². The first-order chi connectivity index (χ1) is 7.69. The van der Waals surface area contributed by atoms with E-state index in [1.54, 1.807) is 11.3 Å². The van der Waals surface area contributed by atoms with E-state index in [9.17, 15) is 0 Å². The van der Waals surface area contributed by atoms with E-state index < -0.39 is 0 Å². The number of anilines is 1. The Balaban J connectivity index is 2.18. The van der Waals surface area contributed by atoms with Crippen LogP contribution in [0.1, 0.15) is 18.9 Å². The van der Waals surface area contributed by atoms with Gasteiger partial charge < -0.3 is 10.6 Å². The van der Waals surface area contributed by atoms with Crippen LogP contribution in [0.5, 0.6) is 0 Å². The number of aromatic nitrogens is 1. The van der Waals surface area contributed by atoms with E-state index in [1.165, 1.54) is 16.7 Å². The van der Waals surface area contributed by atoms with Crippen molar-refractivity contribution in [3.8, 4) is 0 Å². The van der Waals surface area contributed by atoms with Gasteiger partial charge in [0.05, 0.1) is 10.2 Å². The Morgan fingerprint density at radius 2 is 2.25 bits per heavy atom. The molecule has 2 aromatic rings. The number of nitrogens with zero attached hydrogens (tertiary/aromatic N) is 2. The van der Waals surface area contributed by atoms with E-state index in [4.69, 9.17) is 5.73 Å². The van der Waals surface area contributed by atoms with Crippen molar-refractivity contribution < 1.29 is 0 Å². The first-order valence-electron chi connectivity index (χ1n) is 5.52. The molecule has 0 saturated carbocycles. The molecule has 16 heavy (non-hydrogen) atoms. The standard InChI is InChI=1S/C12H17N3S/c1-3-6-15(2)8-9-4-5-10-11(7-9)16-12(13)14-10/h4-5,7H,3,6,8H2,1-2H3,(H2,13,14). The van der Waals surface area contributed by atoms with Gasteiger partial charge in [-0.05, 0) is 37.7 Å². The highest BCUT2D eigenvalue weighted by molar-refractivity contribution is 7.22. The largest absolute Gasteiger partial charge is 0.375 e. The lowest BCUT2D eigenvalue weighted by molar-refractivity contribution is 0.328. The molecule has 86 valence electrons. The maximum atomic E-state index is 5.69. The van der Waals surface area contributed by atoms with Gasteiger partial charge in [0.25, 0.3) is 0 Å². The fourth-order valence-electron chi connectivity index (χ4n) is 1.86. The molecule has 3 nitrogen and oxygen atoms in total. The molecule has 0 fully saturated rings. The van der Waals surface area contributed by atoms with Crippen molar-refractivity contribution in [3.05, 3.63) is 23.8 Å². The van der Waals surface area contributed by atoms with E-state index in [1.807, 2.05) is 0 Å². The van der Waals surface area contributed by atoms with E-state index in [0.29, 0.717) is 5.13 Å². The number of hydrogen-bond donors (Lipinski definition) is 1. The van der Waals surface area contributed by atoms with Crippen LogP contribution in [0.4, 0.5) is 5.13 Å². The predicted octanol–water partition coefficient (Wildman–Crippen LogP) is 2.72. The molecule has 4 heteroatoms. The molecule has 0 aliphatic heterocycles. The lowest BCUT2D eigenvalue weighted by atomic mass is 10.2. The maximum Gasteiger partial charge on any atom is 0.181 e. The first kappa shape index (κ1) is 11.4. The Labute approximate surface area is 99.9 Å². The molecular formula is C12H17N3S. The lowest BCUT2D eigenvalue weighted by Gasteiger charge is -2.15. The van der Waals surface area contributed by atoms with E-state index in [-0.39, 0.29) is 0 Å². The smallest absolute Gasteiger partial charge is 0.181 e. The Bertz CT molecular complexity index is 478. The Morgan fingerprint density at radius 1 is 1.44 bits per heavy atom. The van der Waals surface area contributed by atoms with Crippen LogP contribution in [0.2, 0.25) is 0 Å². The summed E-state index contributed by atoms with van der Waals surface area (Å²) in [5.74, 6) is 0. The van der Waals surface area contributed by atoms with Gasteiger partial charge in [0.2, 0.25) is 0 Å². The van der Waals surface area contributed by atoms with Crippen molar-refractivity contribution in [2.45, 2.75) is 19.9 Å². The highest BCUT2D eigenvalue weighted by Gasteiger charge is 2.04. The number of benzene rings is 1. The van der Waals surface area contributed by atoms with Gasteiger partial charge in [-0.15, -0.1) is 0 Å². The summed E-state index contributed by atoms with van der Waals surface area (Å²) in [6.45, 7) is 4.31. The molecule has 0 aliphatic carbocycles. The molecule has 0 saturated heterocycles. The number of nitrogen functional groups attached to an aromatic ring is 1. The minimum Gasteiger partial charge on any atom is -0.375 e. The summed E-state index contributed by atoms with van der Waals surface area (Å²) < 4.78 is 1.18. The Kier molecular flexibility index (Phi) is 3.41. The minimum absolute atomic E-state index is 0.647. The minimum atomic E-state index is 0.647. The second-order valence-corrected chi connectivity index (χ2v) is 5.15. The van der Waals surface area contributed by atoms with E-state index >= 15 is 0 Å². The quantitative estimate of drug-likeness (QED) is 0.886. The molecule has 2 N–H and O–H groups in total. The zero-order chi connectivity index (χ0) is 11.5. The summed E-state index contributed by atoms with van der Waals surface area (Å²) in [6.07, 6.45) is 1.19. The van der Waals surface area contributed by atoms with Crippen LogP contribution in [0.25, 0.3) is 10.2 Å². The van der Waals surface area contributed by atoms with Crippen molar-refractivity contribution in [3.63, 3.8) is 0 Å². The third kappa shape index (κ3) is 2.51. The molecule has 2 rings (SSSR count). The average molecular weight is 235 g/mol. The van der Waals surface area contributed by atoms with Crippen molar-refractivity contribution >= 4 is 26.7 Å². The number of fused-ring (bicyclic) bond motifs is 1. The molecule has 0 bridgehead atoms. The van der Waals surface area contributed by atoms with Crippen LogP contribution in [0, 0.1) is 0 Å². The lowest BCUT2D eigenvalue weighted by Crippen LogP contribution is -2.18. The SMILES string of the molecule is CCCN(C)Cc1ccc2nc(N)sc2c1. The fraction of sp³-hybridized carbons (Fsp3) is 0.417. The summed E-state index contributed by atoms with van der Waals surface area (Å²) in [5.41, 5.74) is 8.02. The van der Waals surface area contributed by atoms with Gasteiger partial charge in [-0.3, -0.25) is 0 Å². The van der Waals surface area contributed by atoms with E-state index in [2.05, 4.69) is 42.1 Å². The normalized spacial score (nSPS) is 11.4. The molecule has 0 radical (unpaired) electrons. The third-order valence-corrected chi connectivity index (χ3v) is 3.37. The van der Waals surface area contributed by atoms with Crippen molar-refractivity contribution in [2.24, 2.45) is 0 Å². The second-order valence-electron chi connectivity index (χ2n) is 4.09.